The average Bonchev–Trinajstić information content (AvgIpc) is 2.76. The van der Waals surface area contributed by atoms with Crippen LogP contribution in [0.2, 0.25) is 5.02 Å². The van der Waals surface area contributed by atoms with Crippen LogP contribution in [-0.4, -0.2) is 20.7 Å². The van der Waals surface area contributed by atoms with Gasteiger partial charge in [0.25, 0.3) is 0 Å². The normalized spacial score (nSPS) is 10.4. The van der Waals surface area contributed by atoms with Gasteiger partial charge in [0, 0.05) is 30.4 Å². The first-order chi connectivity index (χ1) is 9.95. The number of halogens is 1. The Morgan fingerprint density at radius 3 is 2.90 bits per heavy atom. The number of rotatable bonds is 5. The Labute approximate surface area is 133 Å². The SMILES string of the molecule is Cc1nn(CCC(=O)Nc2cccc(C(N)=S)c2)cc1Cl. The Hall–Kier alpha value is -1.92. The molecule has 0 bridgehead atoms. The van der Waals surface area contributed by atoms with Crippen LogP contribution in [0.15, 0.2) is 30.5 Å². The summed E-state index contributed by atoms with van der Waals surface area (Å²) >= 11 is 10.8. The molecule has 1 aromatic heterocycles. The molecule has 3 N–H and O–H groups in total. The number of thiocarbonyl (C=S) groups is 1. The largest absolute Gasteiger partial charge is 0.389 e. The van der Waals surface area contributed by atoms with Gasteiger partial charge in [-0.2, -0.15) is 5.10 Å². The highest BCUT2D eigenvalue weighted by atomic mass is 35.5. The number of carbonyl (C=O) groups excluding carboxylic acids is 1. The van der Waals surface area contributed by atoms with E-state index < -0.39 is 0 Å². The van der Waals surface area contributed by atoms with E-state index in [1.54, 1.807) is 35.1 Å². The molecular formula is C14H15ClN4OS. The van der Waals surface area contributed by atoms with E-state index in [1.807, 2.05) is 6.92 Å². The van der Waals surface area contributed by atoms with Crippen molar-refractivity contribution in [3.8, 4) is 0 Å². The maximum Gasteiger partial charge on any atom is 0.226 e. The third-order valence-electron chi connectivity index (χ3n) is 2.89. The first kappa shape index (κ1) is 15.5. The first-order valence-corrected chi connectivity index (χ1v) is 7.13. The van der Waals surface area contributed by atoms with Gasteiger partial charge in [-0.15, -0.1) is 0 Å². The highest BCUT2D eigenvalue weighted by molar-refractivity contribution is 7.80. The number of anilines is 1. The fourth-order valence-corrected chi connectivity index (χ4v) is 2.08. The van der Waals surface area contributed by atoms with Gasteiger partial charge in [-0.05, 0) is 19.1 Å². The van der Waals surface area contributed by atoms with Gasteiger partial charge in [0.1, 0.15) is 4.99 Å². The third kappa shape index (κ3) is 4.27. The Morgan fingerprint density at radius 1 is 1.52 bits per heavy atom. The maximum absolute atomic E-state index is 11.9. The molecule has 0 saturated heterocycles. The lowest BCUT2D eigenvalue weighted by atomic mass is 10.2. The van der Waals surface area contributed by atoms with Crippen LogP contribution in [0.4, 0.5) is 5.69 Å². The van der Waals surface area contributed by atoms with E-state index in [9.17, 15) is 4.79 Å². The van der Waals surface area contributed by atoms with Crippen molar-refractivity contribution >= 4 is 40.4 Å². The molecule has 0 fully saturated rings. The molecule has 0 atom stereocenters. The lowest BCUT2D eigenvalue weighted by molar-refractivity contribution is -0.116. The molecule has 0 aliphatic carbocycles. The van der Waals surface area contributed by atoms with Gasteiger partial charge < -0.3 is 11.1 Å². The molecule has 5 nitrogen and oxygen atoms in total. The highest BCUT2D eigenvalue weighted by Gasteiger charge is 2.06. The molecule has 110 valence electrons. The summed E-state index contributed by atoms with van der Waals surface area (Å²) < 4.78 is 1.66. The van der Waals surface area contributed by atoms with Gasteiger partial charge in [0.15, 0.2) is 0 Å². The maximum atomic E-state index is 11.9. The van der Waals surface area contributed by atoms with Crippen molar-refractivity contribution in [1.29, 1.82) is 0 Å². The van der Waals surface area contributed by atoms with Crippen LogP contribution in [0, 0.1) is 6.92 Å². The topological polar surface area (TPSA) is 72.9 Å². The molecule has 0 aliphatic rings. The first-order valence-electron chi connectivity index (χ1n) is 6.35. The number of hydrogen-bond donors (Lipinski definition) is 2. The van der Waals surface area contributed by atoms with Crippen LogP contribution >= 0.6 is 23.8 Å². The van der Waals surface area contributed by atoms with E-state index >= 15 is 0 Å². The molecule has 0 aliphatic heterocycles. The van der Waals surface area contributed by atoms with Crippen LogP contribution in [-0.2, 0) is 11.3 Å². The number of aromatic nitrogens is 2. The van der Waals surface area contributed by atoms with Gasteiger partial charge in [0.05, 0.1) is 10.7 Å². The van der Waals surface area contributed by atoms with Crippen LogP contribution in [0.1, 0.15) is 17.7 Å². The number of nitrogens with two attached hydrogens (primary N) is 1. The zero-order valence-corrected chi connectivity index (χ0v) is 13.0. The molecule has 0 saturated carbocycles. The number of benzene rings is 1. The van der Waals surface area contributed by atoms with Crippen molar-refractivity contribution in [2.75, 3.05) is 5.32 Å². The van der Waals surface area contributed by atoms with Crippen molar-refractivity contribution in [2.45, 2.75) is 19.9 Å². The van der Waals surface area contributed by atoms with Gasteiger partial charge in [-0.25, -0.2) is 0 Å². The minimum atomic E-state index is -0.112. The van der Waals surface area contributed by atoms with Gasteiger partial charge in [0.2, 0.25) is 5.91 Å². The molecule has 0 unspecified atom stereocenters. The summed E-state index contributed by atoms with van der Waals surface area (Å²) in [5.74, 6) is -0.112. The van der Waals surface area contributed by atoms with E-state index in [2.05, 4.69) is 10.4 Å². The predicted molar refractivity (Wildman–Crippen MR) is 87.6 cm³/mol. The van der Waals surface area contributed by atoms with Gasteiger partial charge in [-0.1, -0.05) is 36.0 Å². The summed E-state index contributed by atoms with van der Waals surface area (Å²) in [7, 11) is 0. The summed E-state index contributed by atoms with van der Waals surface area (Å²) in [6.45, 7) is 2.29. The van der Waals surface area contributed by atoms with E-state index in [1.165, 1.54) is 0 Å². The fourth-order valence-electron chi connectivity index (χ4n) is 1.80. The zero-order chi connectivity index (χ0) is 15.4. The molecule has 1 heterocycles. The number of amides is 1. The van der Waals surface area contributed by atoms with Crippen LogP contribution < -0.4 is 11.1 Å². The number of nitrogens with one attached hydrogen (secondary N) is 1. The number of nitrogens with zero attached hydrogens (tertiary/aromatic N) is 2. The van der Waals surface area contributed by atoms with Crippen LogP contribution in [0.5, 0.6) is 0 Å². The second-order valence-corrected chi connectivity index (χ2v) is 5.42. The van der Waals surface area contributed by atoms with Crippen molar-refractivity contribution in [1.82, 2.24) is 9.78 Å². The van der Waals surface area contributed by atoms with Crippen molar-refractivity contribution in [3.05, 3.63) is 46.7 Å². The van der Waals surface area contributed by atoms with E-state index in [-0.39, 0.29) is 5.91 Å². The predicted octanol–water partition coefficient (Wildman–Crippen LogP) is 2.51. The summed E-state index contributed by atoms with van der Waals surface area (Å²) in [6.07, 6.45) is 2.01. The summed E-state index contributed by atoms with van der Waals surface area (Å²) in [4.78, 5) is 12.2. The third-order valence-corrected chi connectivity index (χ3v) is 3.49. The molecule has 1 amide bonds. The standard InChI is InChI=1S/C14H15ClN4OS/c1-9-12(15)8-19(18-9)6-5-13(20)17-11-4-2-3-10(7-11)14(16)21/h2-4,7-8H,5-6H2,1H3,(H2,16,21)(H,17,20). The smallest absolute Gasteiger partial charge is 0.226 e. The molecule has 21 heavy (non-hydrogen) atoms. The van der Waals surface area contributed by atoms with Gasteiger partial charge >= 0.3 is 0 Å². The molecular weight excluding hydrogens is 308 g/mol. The van der Waals surface area contributed by atoms with E-state index in [4.69, 9.17) is 29.6 Å². The minimum absolute atomic E-state index is 0.112. The number of aryl methyl sites for hydroxylation is 2. The Kier molecular flexibility index (Phi) is 4.93. The lowest BCUT2D eigenvalue weighted by Gasteiger charge is -2.07. The Morgan fingerprint density at radius 2 is 2.29 bits per heavy atom. The average molecular weight is 323 g/mol. The van der Waals surface area contributed by atoms with Gasteiger partial charge in [-0.3, -0.25) is 9.48 Å². The molecule has 0 spiro atoms. The van der Waals surface area contributed by atoms with Crippen LogP contribution in [0.3, 0.4) is 0 Å². The lowest BCUT2D eigenvalue weighted by Crippen LogP contribution is -2.15. The van der Waals surface area contributed by atoms with E-state index in [0.717, 1.165) is 11.3 Å². The molecule has 2 aromatic rings. The Balaban J connectivity index is 1.92. The molecule has 7 heteroatoms. The summed E-state index contributed by atoms with van der Waals surface area (Å²) in [5.41, 5.74) is 7.70. The van der Waals surface area contributed by atoms with Crippen molar-refractivity contribution in [3.63, 3.8) is 0 Å². The zero-order valence-electron chi connectivity index (χ0n) is 11.5. The van der Waals surface area contributed by atoms with Crippen molar-refractivity contribution in [2.24, 2.45) is 5.73 Å². The number of carbonyl (C=O) groups is 1. The number of hydrogen-bond acceptors (Lipinski definition) is 3. The molecule has 0 radical (unpaired) electrons. The Bertz CT molecular complexity index is 664. The second kappa shape index (κ2) is 6.69. The highest BCUT2D eigenvalue weighted by Crippen LogP contribution is 2.13. The summed E-state index contributed by atoms with van der Waals surface area (Å²) in [6, 6.07) is 7.12. The van der Waals surface area contributed by atoms with Crippen molar-refractivity contribution < 1.29 is 4.79 Å². The second-order valence-electron chi connectivity index (χ2n) is 4.57. The quantitative estimate of drug-likeness (QED) is 0.830. The van der Waals surface area contributed by atoms with Crippen LogP contribution in [0.25, 0.3) is 0 Å². The summed E-state index contributed by atoms with van der Waals surface area (Å²) in [5, 5.41) is 7.60. The monoisotopic (exact) mass is 322 g/mol. The minimum Gasteiger partial charge on any atom is -0.389 e. The van der Waals surface area contributed by atoms with E-state index in [0.29, 0.717) is 28.7 Å². The fraction of sp³-hybridized carbons (Fsp3) is 0.214. The molecule has 1 aromatic carbocycles. The molecule has 2 rings (SSSR count).